The summed E-state index contributed by atoms with van der Waals surface area (Å²) in [6.45, 7) is 2.60. The Morgan fingerprint density at radius 2 is 1.82 bits per heavy atom. The molecule has 0 unspecified atom stereocenters. The van der Waals surface area contributed by atoms with Gasteiger partial charge in [-0.05, 0) is 37.0 Å². The summed E-state index contributed by atoms with van der Waals surface area (Å²) in [5.41, 5.74) is 18.1. The molecular weight excluding hydrogens is 450 g/mol. The number of amidine groups is 1. The van der Waals surface area contributed by atoms with E-state index in [4.69, 9.17) is 43.0 Å². The fraction of sp³-hybridized carbons (Fsp3) is 0.429. The highest BCUT2D eigenvalue weighted by Crippen LogP contribution is 2.19. The summed E-state index contributed by atoms with van der Waals surface area (Å²) in [7, 11) is 1.64. The number of unbranched alkanes of at least 4 members (excludes halogenated alkanes) is 1. The minimum atomic E-state index is -0.827. The Morgan fingerprint density at radius 1 is 1.09 bits per heavy atom. The van der Waals surface area contributed by atoms with Crippen LogP contribution < -0.4 is 27.3 Å². The van der Waals surface area contributed by atoms with Gasteiger partial charge >= 0.3 is 6.03 Å². The Hall–Kier alpha value is -3.15. The predicted octanol–water partition coefficient (Wildman–Crippen LogP) is 1.97. The summed E-state index contributed by atoms with van der Waals surface area (Å²) in [6, 6.07) is 7.13. The number of urea groups is 1. The fourth-order valence-corrected chi connectivity index (χ4v) is 2.87. The normalized spacial score (nSPS) is 11.4. The van der Waals surface area contributed by atoms with Gasteiger partial charge in [-0.1, -0.05) is 23.7 Å². The molecule has 0 radical (unpaired) electrons. The van der Waals surface area contributed by atoms with E-state index in [0.29, 0.717) is 33.0 Å². The molecule has 11 nitrogen and oxygen atoms in total. The van der Waals surface area contributed by atoms with Gasteiger partial charge in [0.25, 0.3) is 0 Å². The number of ether oxygens (including phenoxy) is 3. The molecule has 0 saturated heterocycles. The molecule has 0 fully saturated rings. The number of benzene rings is 1. The first-order chi connectivity index (χ1) is 15.9. The number of methoxy groups -OCH3 is 1. The third-order valence-electron chi connectivity index (χ3n) is 4.37. The van der Waals surface area contributed by atoms with Gasteiger partial charge in [-0.3, -0.25) is 10.3 Å². The number of anilines is 2. The minimum Gasteiger partial charge on any atom is -0.491 e. The molecule has 0 aliphatic heterocycles. The number of nitrogens with one attached hydrogen (secondary N) is 1. The summed E-state index contributed by atoms with van der Waals surface area (Å²) in [5, 5.41) is 2.28. The van der Waals surface area contributed by atoms with Crippen molar-refractivity contribution in [3.05, 3.63) is 40.7 Å². The number of amides is 2. The van der Waals surface area contributed by atoms with E-state index in [1.54, 1.807) is 7.11 Å². The Kier molecular flexibility index (Phi) is 11.1. The molecule has 2 aromatic rings. The van der Waals surface area contributed by atoms with E-state index >= 15 is 0 Å². The van der Waals surface area contributed by atoms with Crippen LogP contribution >= 0.6 is 11.6 Å². The SMILES string of the molecule is COCCOCCOc1ccc(CCCCN=C(N)c2nc(Cl)c(N)nc2NC(N)=O)cc1. The summed E-state index contributed by atoms with van der Waals surface area (Å²) >= 11 is 5.91. The molecule has 12 heteroatoms. The maximum Gasteiger partial charge on any atom is 0.317 e. The summed E-state index contributed by atoms with van der Waals surface area (Å²) in [6.07, 6.45) is 2.59. The zero-order chi connectivity index (χ0) is 24.1. The largest absolute Gasteiger partial charge is 0.491 e. The van der Waals surface area contributed by atoms with E-state index < -0.39 is 6.03 Å². The number of aromatic nitrogens is 2. The first-order valence-electron chi connectivity index (χ1n) is 10.4. The van der Waals surface area contributed by atoms with Gasteiger partial charge in [0.05, 0.1) is 19.8 Å². The Balaban J connectivity index is 1.76. The van der Waals surface area contributed by atoms with Crippen LogP contribution in [0.4, 0.5) is 16.4 Å². The fourth-order valence-electron chi connectivity index (χ4n) is 2.74. The summed E-state index contributed by atoms with van der Waals surface area (Å²) in [4.78, 5) is 23.5. The number of nitrogen functional groups attached to an aromatic ring is 1. The maximum absolute atomic E-state index is 11.2. The number of rotatable bonds is 14. The molecule has 0 aliphatic carbocycles. The van der Waals surface area contributed by atoms with Gasteiger partial charge in [0.2, 0.25) is 0 Å². The molecule has 1 heterocycles. The van der Waals surface area contributed by atoms with Gasteiger partial charge in [-0.25, -0.2) is 14.8 Å². The Labute approximate surface area is 197 Å². The molecule has 33 heavy (non-hydrogen) atoms. The van der Waals surface area contributed by atoms with Gasteiger partial charge in [0.15, 0.2) is 16.8 Å². The van der Waals surface area contributed by atoms with Crippen molar-refractivity contribution in [1.29, 1.82) is 0 Å². The van der Waals surface area contributed by atoms with Gasteiger partial charge in [0.1, 0.15) is 23.9 Å². The van der Waals surface area contributed by atoms with Crippen molar-refractivity contribution in [1.82, 2.24) is 9.97 Å². The molecule has 7 N–H and O–H groups in total. The Morgan fingerprint density at radius 3 is 2.52 bits per heavy atom. The van der Waals surface area contributed by atoms with Crippen LogP contribution in [0.15, 0.2) is 29.3 Å². The van der Waals surface area contributed by atoms with Crippen LogP contribution in [0.5, 0.6) is 5.75 Å². The van der Waals surface area contributed by atoms with E-state index in [1.165, 1.54) is 5.56 Å². The second kappa shape index (κ2) is 14.1. The van der Waals surface area contributed by atoms with Crippen molar-refractivity contribution >= 4 is 35.1 Å². The molecule has 1 aromatic heterocycles. The lowest BCUT2D eigenvalue weighted by atomic mass is 10.1. The number of primary amides is 1. The van der Waals surface area contributed by atoms with E-state index in [9.17, 15) is 4.79 Å². The number of aryl methyl sites for hydroxylation is 1. The van der Waals surface area contributed by atoms with Crippen LogP contribution in [0.1, 0.15) is 24.1 Å². The first-order valence-corrected chi connectivity index (χ1v) is 10.8. The molecule has 0 bridgehead atoms. The van der Waals surface area contributed by atoms with Crippen molar-refractivity contribution in [2.24, 2.45) is 16.5 Å². The number of carbonyl (C=O) groups excluding carboxylic acids is 1. The highest BCUT2D eigenvalue weighted by molar-refractivity contribution is 6.31. The van der Waals surface area contributed by atoms with E-state index in [2.05, 4.69) is 20.3 Å². The van der Waals surface area contributed by atoms with Crippen LogP contribution in [-0.2, 0) is 15.9 Å². The molecule has 0 aliphatic rings. The average molecular weight is 480 g/mol. The molecule has 1 aromatic carbocycles. The van der Waals surface area contributed by atoms with E-state index in [-0.39, 0.29) is 28.3 Å². The van der Waals surface area contributed by atoms with Gasteiger partial charge in [0, 0.05) is 13.7 Å². The molecule has 0 saturated carbocycles. The molecule has 2 rings (SSSR count). The average Bonchev–Trinajstić information content (AvgIpc) is 2.78. The van der Waals surface area contributed by atoms with E-state index in [1.807, 2.05) is 24.3 Å². The van der Waals surface area contributed by atoms with Crippen LogP contribution in [-0.4, -0.2) is 61.9 Å². The lowest BCUT2D eigenvalue weighted by Gasteiger charge is -2.09. The monoisotopic (exact) mass is 479 g/mol. The predicted molar refractivity (Wildman–Crippen MR) is 128 cm³/mol. The first kappa shape index (κ1) is 26.1. The van der Waals surface area contributed by atoms with Gasteiger partial charge < -0.3 is 31.4 Å². The van der Waals surface area contributed by atoms with Crippen LogP contribution in [0.2, 0.25) is 5.15 Å². The van der Waals surface area contributed by atoms with Crippen molar-refractivity contribution in [2.45, 2.75) is 19.3 Å². The number of carbonyl (C=O) groups is 1. The second-order valence-electron chi connectivity index (χ2n) is 6.91. The number of nitrogens with zero attached hydrogens (tertiary/aromatic N) is 3. The number of hydrogen-bond acceptors (Lipinski definition) is 8. The summed E-state index contributed by atoms with van der Waals surface area (Å²) in [5.74, 6) is 0.842. The molecular formula is C21H30ClN7O4. The zero-order valence-corrected chi connectivity index (χ0v) is 19.3. The van der Waals surface area contributed by atoms with Crippen LogP contribution in [0.25, 0.3) is 0 Å². The minimum absolute atomic E-state index is 0.00879. The molecule has 0 atom stereocenters. The Bertz CT molecular complexity index is 926. The molecule has 180 valence electrons. The third kappa shape index (κ3) is 9.48. The van der Waals surface area contributed by atoms with Crippen LogP contribution in [0.3, 0.4) is 0 Å². The van der Waals surface area contributed by atoms with Gasteiger partial charge in [-0.15, -0.1) is 0 Å². The lowest BCUT2D eigenvalue weighted by molar-refractivity contribution is 0.0544. The second-order valence-corrected chi connectivity index (χ2v) is 7.27. The molecule has 0 spiro atoms. The quantitative estimate of drug-likeness (QED) is 0.181. The van der Waals surface area contributed by atoms with E-state index in [0.717, 1.165) is 25.0 Å². The van der Waals surface area contributed by atoms with Crippen molar-refractivity contribution in [3.63, 3.8) is 0 Å². The topological polar surface area (TPSA) is 173 Å². The van der Waals surface area contributed by atoms with Crippen molar-refractivity contribution in [3.8, 4) is 5.75 Å². The highest BCUT2D eigenvalue weighted by atomic mass is 35.5. The smallest absolute Gasteiger partial charge is 0.317 e. The standard InChI is InChI=1S/C21H30ClN7O4/c1-31-10-11-32-12-13-33-15-7-5-14(6-8-15)4-2-3-9-26-18(23)16-20(29-21(25)30)28-19(24)17(22)27-16/h5-8H,2-4,9-13H2,1H3,(H2,23,26)(H5,24,25,28,29,30). The zero-order valence-electron chi connectivity index (χ0n) is 18.6. The number of halogens is 1. The maximum atomic E-state index is 11.2. The van der Waals surface area contributed by atoms with Gasteiger partial charge in [-0.2, -0.15) is 0 Å². The summed E-state index contributed by atoms with van der Waals surface area (Å²) < 4.78 is 15.9. The van der Waals surface area contributed by atoms with Crippen molar-refractivity contribution in [2.75, 3.05) is 51.1 Å². The van der Waals surface area contributed by atoms with Crippen molar-refractivity contribution < 1.29 is 19.0 Å². The number of hydrogen-bond donors (Lipinski definition) is 4. The third-order valence-corrected chi connectivity index (χ3v) is 4.65. The highest BCUT2D eigenvalue weighted by Gasteiger charge is 2.15. The number of aliphatic imine (C=N–C) groups is 1. The lowest BCUT2D eigenvalue weighted by Crippen LogP contribution is -2.25. The molecule has 2 amide bonds. The number of nitrogens with two attached hydrogens (primary N) is 3. The van der Waals surface area contributed by atoms with Crippen LogP contribution in [0, 0.1) is 0 Å².